The number of carbonyl (C=O) groups is 1. The molecule has 0 radical (unpaired) electrons. The van der Waals surface area contributed by atoms with Crippen LogP contribution in [0.3, 0.4) is 0 Å². The van der Waals surface area contributed by atoms with Crippen molar-refractivity contribution < 1.29 is 9.90 Å². The van der Waals surface area contributed by atoms with E-state index in [9.17, 15) is 4.79 Å². The fraction of sp³-hybridized carbons (Fsp3) is 0.556. The molecule has 1 rings (SSSR count). The summed E-state index contributed by atoms with van der Waals surface area (Å²) in [4.78, 5) is 16.2. The van der Waals surface area contributed by atoms with Gasteiger partial charge in [-0.2, -0.15) is 0 Å². The third kappa shape index (κ3) is 2.78. The minimum absolute atomic E-state index is 0.0853. The van der Waals surface area contributed by atoms with Gasteiger partial charge in [0.25, 0.3) is 5.91 Å². The summed E-state index contributed by atoms with van der Waals surface area (Å²) in [6.45, 7) is 4.26. The molecule has 1 aromatic heterocycles. The van der Waals surface area contributed by atoms with Crippen molar-refractivity contribution >= 4 is 17.2 Å². The molecule has 78 valence electrons. The van der Waals surface area contributed by atoms with Gasteiger partial charge < -0.3 is 10.4 Å². The number of amides is 1. The average Bonchev–Trinajstić information content (AvgIpc) is 2.60. The monoisotopic (exact) mass is 214 g/mol. The second-order valence-electron chi connectivity index (χ2n) is 3.26. The van der Waals surface area contributed by atoms with Crippen LogP contribution in [-0.4, -0.2) is 29.1 Å². The molecule has 1 atom stereocenters. The van der Waals surface area contributed by atoms with E-state index < -0.39 is 0 Å². The van der Waals surface area contributed by atoms with Crippen LogP contribution in [0, 0.1) is 12.8 Å². The first-order chi connectivity index (χ1) is 6.65. The number of aryl methyl sites for hydroxylation is 1. The Morgan fingerprint density at radius 3 is 3.00 bits per heavy atom. The van der Waals surface area contributed by atoms with E-state index in [1.165, 1.54) is 11.3 Å². The molecule has 0 saturated heterocycles. The summed E-state index contributed by atoms with van der Waals surface area (Å²) in [6, 6.07) is 0. The molecule has 4 nitrogen and oxygen atoms in total. The van der Waals surface area contributed by atoms with E-state index in [-0.39, 0.29) is 18.4 Å². The van der Waals surface area contributed by atoms with Crippen LogP contribution in [0.25, 0.3) is 0 Å². The Hall–Kier alpha value is -0.940. The maximum Gasteiger partial charge on any atom is 0.263 e. The molecule has 0 aliphatic heterocycles. The van der Waals surface area contributed by atoms with Gasteiger partial charge in [0.2, 0.25) is 0 Å². The average molecular weight is 214 g/mol. The second-order valence-corrected chi connectivity index (χ2v) is 4.12. The zero-order chi connectivity index (χ0) is 10.6. The summed E-state index contributed by atoms with van der Waals surface area (Å²) >= 11 is 1.33. The van der Waals surface area contributed by atoms with Crippen LogP contribution in [0.2, 0.25) is 0 Å². The lowest BCUT2D eigenvalue weighted by Crippen LogP contribution is -2.29. The molecular weight excluding hydrogens is 200 g/mol. The number of rotatable bonds is 4. The van der Waals surface area contributed by atoms with E-state index in [1.807, 2.05) is 6.92 Å². The predicted octanol–water partition coefficient (Wildman–Crippen LogP) is 0.810. The topological polar surface area (TPSA) is 62.2 Å². The molecule has 1 aromatic rings. The maximum atomic E-state index is 11.5. The van der Waals surface area contributed by atoms with Gasteiger partial charge in [0.15, 0.2) is 0 Å². The van der Waals surface area contributed by atoms with Gasteiger partial charge in [0.1, 0.15) is 4.88 Å². The lowest BCUT2D eigenvalue weighted by Gasteiger charge is -2.08. The second kappa shape index (κ2) is 5.07. The largest absolute Gasteiger partial charge is 0.396 e. The predicted molar refractivity (Wildman–Crippen MR) is 55.4 cm³/mol. The normalized spacial score (nSPS) is 12.5. The van der Waals surface area contributed by atoms with Crippen molar-refractivity contribution in [3.05, 3.63) is 16.1 Å². The Labute approximate surface area is 87.0 Å². The lowest BCUT2D eigenvalue weighted by atomic mass is 10.2. The first-order valence-electron chi connectivity index (χ1n) is 4.44. The van der Waals surface area contributed by atoms with Gasteiger partial charge in [0.05, 0.1) is 11.2 Å². The van der Waals surface area contributed by atoms with Crippen LogP contribution >= 0.6 is 11.3 Å². The highest BCUT2D eigenvalue weighted by Crippen LogP contribution is 2.11. The van der Waals surface area contributed by atoms with Crippen molar-refractivity contribution in [1.29, 1.82) is 0 Å². The molecule has 2 N–H and O–H groups in total. The molecule has 0 bridgehead atoms. The van der Waals surface area contributed by atoms with Crippen LogP contribution in [0.5, 0.6) is 0 Å². The van der Waals surface area contributed by atoms with E-state index in [0.717, 1.165) is 5.69 Å². The Balaban J connectivity index is 2.47. The van der Waals surface area contributed by atoms with Crippen molar-refractivity contribution in [2.45, 2.75) is 13.8 Å². The minimum Gasteiger partial charge on any atom is -0.396 e. The van der Waals surface area contributed by atoms with Crippen LogP contribution in [0.1, 0.15) is 22.3 Å². The number of thiazole rings is 1. The van der Waals surface area contributed by atoms with Crippen LogP contribution in [0.4, 0.5) is 0 Å². The molecule has 5 heteroatoms. The lowest BCUT2D eigenvalue weighted by molar-refractivity contribution is 0.0945. The molecular formula is C9H14N2O2S. The molecule has 0 saturated carbocycles. The van der Waals surface area contributed by atoms with Crippen molar-refractivity contribution in [2.75, 3.05) is 13.2 Å². The number of nitrogens with one attached hydrogen (secondary N) is 1. The molecule has 14 heavy (non-hydrogen) atoms. The summed E-state index contributed by atoms with van der Waals surface area (Å²) in [7, 11) is 0. The van der Waals surface area contributed by atoms with Crippen molar-refractivity contribution in [2.24, 2.45) is 5.92 Å². The SMILES string of the molecule is Cc1ncsc1C(=O)NCC(C)CO. The molecule has 0 aromatic carbocycles. The van der Waals surface area contributed by atoms with Gasteiger partial charge >= 0.3 is 0 Å². The number of aliphatic hydroxyl groups excluding tert-OH is 1. The zero-order valence-electron chi connectivity index (χ0n) is 8.28. The highest BCUT2D eigenvalue weighted by Gasteiger charge is 2.11. The first-order valence-corrected chi connectivity index (χ1v) is 5.32. The minimum atomic E-state index is -0.106. The summed E-state index contributed by atoms with van der Waals surface area (Å²) in [5.41, 5.74) is 2.41. The molecule has 0 spiro atoms. The van der Waals surface area contributed by atoms with E-state index in [2.05, 4.69) is 10.3 Å². The molecule has 1 unspecified atom stereocenters. The zero-order valence-corrected chi connectivity index (χ0v) is 9.10. The summed E-state index contributed by atoms with van der Waals surface area (Å²) < 4.78 is 0. The van der Waals surface area contributed by atoms with Crippen molar-refractivity contribution in [3.63, 3.8) is 0 Å². The van der Waals surface area contributed by atoms with E-state index in [0.29, 0.717) is 11.4 Å². The Kier molecular flexibility index (Phi) is 4.03. The van der Waals surface area contributed by atoms with Crippen LogP contribution in [0.15, 0.2) is 5.51 Å². The highest BCUT2D eigenvalue weighted by molar-refractivity contribution is 7.11. The molecule has 0 aliphatic rings. The number of nitrogens with zero attached hydrogens (tertiary/aromatic N) is 1. The number of carbonyl (C=O) groups excluding carboxylic acids is 1. The number of hydrogen-bond acceptors (Lipinski definition) is 4. The van der Waals surface area contributed by atoms with Gasteiger partial charge in [-0.3, -0.25) is 4.79 Å². The fourth-order valence-electron chi connectivity index (χ4n) is 0.932. The quantitative estimate of drug-likeness (QED) is 0.779. The van der Waals surface area contributed by atoms with Crippen molar-refractivity contribution in [3.8, 4) is 0 Å². The maximum absolute atomic E-state index is 11.5. The number of aromatic nitrogens is 1. The standard InChI is InChI=1S/C9H14N2O2S/c1-6(4-12)3-10-9(13)8-7(2)11-5-14-8/h5-6,12H,3-4H2,1-2H3,(H,10,13). The molecule has 1 heterocycles. The summed E-state index contributed by atoms with van der Waals surface area (Å²) in [6.07, 6.45) is 0. The smallest absolute Gasteiger partial charge is 0.263 e. The summed E-state index contributed by atoms with van der Waals surface area (Å²) in [5, 5.41) is 11.5. The van der Waals surface area contributed by atoms with E-state index in [1.54, 1.807) is 12.4 Å². The fourth-order valence-corrected chi connectivity index (χ4v) is 1.65. The molecule has 1 amide bonds. The molecule has 0 fully saturated rings. The van der Waals surface area contributed by atoms with Gasteiger partial charge in [-0.1, -0.05) is 6.92 Å². The van der Waals surface area contributed by atoms with Gasteiger partial charge in [-0.15, -0.1) is 11.3 Å². The van der Waals surface area contributed by atoms with Crippen LogP contribution in [-0.2, 0) is 0 Å². The first kappa shape index (κ1) is 11.1. The van der Waals surface area contributed by atoms with E-state index >= 15 is 0 Å². The number of hydrogen-bond donors (Lipinski definition) is 2. The third-order valence-electron chi connectivity index (χ3n) is 1.87. The number of aliphatic hydroxyl groups is 1. The molecule has 0 aliphatic carbocycles. The van der Waals surface area contributed by atoms with E-state index in [4.69, 9.17) is 5.11 Å². The highest BCUT2D eigenvalue weighted by atomic mass is 32.1. The Bertz CT molecular complexity index is 312. The van der Waals surface area contributed by atoms with Gasteiger partial charge in [0, 0.05) is 13.2 Å². The van der Waals surface area contributed by atoms with Crippen molar-refractivity contribution in [1.82, 2.24) is 10.3 Å². The van der Waals surface area contributed by atoms with Gasteiger partial charge in [-0.05, 0) is 12.8 Å². The Morgan fingerprint density at radius 1 is 1.79 bits per heavy atom. The third-order valence-corrected chi connectivity index (χ3v) is 2.80. The Morgan fingerprint density at radius 2 is 2.50 bits per heavy atom. The van der Waals surface area contributed by atoms with Gasteiger partial charge in [-0.25, -0.2) is 4.98 Å². The summed E-state index contributed by atoms with van der Waals surface area (Å²) in [5.74, 6) is -0.0162. The van der Waals surface area contributed by atoms with Crippen LogP contribution < -0.4 is 5.32 Å².